The van der Waals surface area contributed by atoms with Crippen LogP contribution >= 0.6 is 0 Å². The van der Waals surface area contributed by atoms with Gasteiger partial charge in [-0.3, -0.25) is 0 Å². The minimum atomic E-state index is -0.507. The second kappa shape index (κ2) is 11.2. The molecule has 0 radical (unpaired) electrons. The van der Waals surface area contributed by atoms with Crippen LogP contribution in [0.15, 0.2) is 0 Å². The Bertz CT molecular complexity index is 388. The highest BCUT2D eigenvalue weighted by Gasteiger charge is 2.20. The fraction of sp³-hybridized carbons (Fsp3) is 0.889. The zero-order chi connectivity index (χ0) is 20.4. The van der Waals surface area contributed by atoms with Crippen LogP contribution in [-0.2, 0) is 18.9 Å². The number of hydrogen-bond acceptors (Lipinski definition) is 6. The third-order valence-corrected chi connectivity index (χ3v) is 2.92. The minimum absolute atomic E-state index is 0.373. The summed E-state index contributed by atoms with van der Waals surface area (Å²) < 4.78 is 21.3. The van der Waals surface area contributed by atoms with Crippen molar-refractivity contribution in [3.63, 3.8) is 0 Å². The molecule has 0 fully saturated rings. The largest absolute Gasteiger partial charge is 0.444 e. The van der Waals surface area contributed by atoms with Gasteiger partial charge in [0.25, 0.3) is 0 Å². The standard InChI is InChI=1S/C18H36N2O6/c1-17(2,3)25-15(21)19(7)9-11-23-13-14-24-12-10-20(8)16(22)26-18(4,5)6/h9-14H2,1-8H3. The molecule has 0 saturated heterocycles. The normalized spacial score (nSPS) is 11.8. The summed E-state index contributed by atoms with van der Waals surface area (Å²) in [6.45, 7) is 13.5. The van der Waals surface area contributed by atoms with Crippen molar-refractivity contribution in [1.82, 2.24) is 9.80 Å². The summed E-state index contributed by atoms with van der Waals surface area (Å²) in [6.07, 6.45) is -0.745. The average molecular weight is 376 g/mol. The maximum absolute atomic E-state index is 11.8. The molecular formula is C18H36N2O6. The molecule has 0 unspecified atom stereocenters. The van der Waals surface area contributed by atoms with E-state index < -0.39 is 11.2 Å². The molecule has 0 aromatic heterocycles. The number of ether oxygens (including phenoxy) is 4. The number of rotatable bonds is 9. The number of amides is 2. The van der Waals surface area contributed by atoms with Gasteiger partial charge in [0.15, 0.2) is 0 Å². The van der Waals surface area contributed by atoms with E-state index in [0.717, 1.165) is 0 Å². The van der Waals surface area contributed by atoms with Gasteiger partial charge in [-0.25, -0.2) is 9.59 Å². The lowest BCUT2D eigenvalue weighted by Gasteiger charge is -2.24. The van der Waals surface area contributed by atoms with Crippen molar-refractivity contribution in [3.05, 3.63) is 0 Å². The number of nitrogens with zero attached hydrogens (tertiary/aromatic N) is 2. The maximum atomic E-state index is 11.8. The van der Waals surface area contributed by atoms with Crippen molar-refractivity contribution in [2.45, 2.75) is 52.7 Å². The van der Waals surface area contributed by atoms with Gasteiger partial charge in [0.05, 0.1) is 26.4 Å². The minimum Gasteiger partial charge on any atom is -0.444 e. The molecule has 0 atom stereocenters. The zero-order valence-corrected chi connectivity index (χ0v) is 17.6. The second-order valence-electron chi connectivity index (χ2n) is 8.03. The summed E-state index contributed by atoms with van der Waals surface area (Å²) in [5.74, 6) is 0. The molecule has 0 aliphatic carbocycles. The molecule has 8 heteroatoms. The third kappa shape index (κ3) is 13.7. The summed E-state index contributed by atoms with van der Waals surface area (Å²) in [5.41, 5.74) is -1.01. The topological polar surface area (TPSA) is 77.5 Å². The predicted molar refractivity (Wildman–Crippen MR) is 99.4 cm³/mol. The van der Waals surface area contributed by atoms with Crippen LogP contribution in [0.5, 0.6) is 0 Å². The molecule has 2 amide bonds. The first-order valence-corrected chi connectivity index (χ1v) is 8.85. The van der Waals surface area contributed by atoms with Gasteiger partial charge in [-0.15, -0.1) is 0 Å². The van der Waals surface area contributed by atoms with Gasteiger partial charge >= 0.3 is 12.2 Å². The molecule has 0 aromatic rings. The van der Waals surface area contributed by atoms with Crippen LogP contribution in [0.2, 0.25) is 0 Å². The van der Waals surface area contributed by atoms with Gasteiger partial charge in [-0.05, 0) is 41.5 Å². The van der Waals surface area contributed by atoms with E-state index in [-0.39, 0.29) is 12.2 Å². The molecule has 0 spiro atoms. The van der Waals surface area contributed by atoms with Gasteiger partial charge in [-0.1, -0.05) is 0 Å². The Labute approximate surface area is 157 Å². The Hall–Kier alpha value is -1.54. The van der Waals surface area contributed by atoms with Gasteiger partial charge in [-0.2, -0.15) is 0 Å². The Morgan fingerprint density at radius 1 is 0.654 bits per heavy atom. The SMILES string of the molecule is CN(CCOCCOCCN(C)C(=O)OC(C)(C)C)C(=O)OC(C)(C)C. The van der Waals surface area contributed by atoms with Gasteiger partial charge in [0, 0.05) is 27.2 Å². The highest BCUT2D eigenvalue weighted by atomic mass is 16.6. The third-order valence-electron chi connectivity index (χ3n) is 2.92. The number of carbonyl (C=O) groups excluding carboxylic acids is 2. The molecule has 26 heavy (non-hydrogen) atoms. The highest BCUT2D eigenvalue weighted by Crippen LogP contribution is 2.09. The molecular weight excluding hydrogens is 340 g/mol. The van der Waals surface area contributed by atoms with Crippen molar-refractivity contribution in [3.8, 4) is 0 Å². The van der Waals surface area contributed by atoms with Gasteiger partial charge < -0.3 is 28.7 Å². The predicted octanol–water partition coefficient (Wildman–Crippen LogP) is 2.75. The first-order valence-electron chi connectivity index (χ1n) is 8.85. The lowest BCUT2D eigenvalue weighted by molar-refractivity contribution is 0.00871. The first kappa shape index (κ1) is 24.5. The van der Waals surface area contributed by atoms with Crippen LogP contribution in [0.25, 0.3) is 0 Å². The van der Waals surface area contributed by atoms with Crippen molar-refractivity contribution in [1.29, 1.82) is 0 Å². The second-order valence-corrected chi connectivity index (χ2v) is 8.03. The summed E-state index contributed by atoms with van der Waals surface area (Å²) in [4.78, 5) is 26.4. The van der Waals surface area contributed by atoms with Crippen LogP contribution in [0, 0.1) is 0 Å². The molecule has 0 aliphatic heterocycles. The number of carbonyl (C=O) groups is 2. The lowest BCUT2D eigenvalue weighted by atomic mass is 10.2. The number of likely N-dealkylation sites (N-methyl/N-ethyl adjacent to an activating group) is 2. The van der Waals surface area contributed by atoms with Gasteiger partial charge in [0.2, 0.25) is 0 Å². The Morgan fingerprint density at radius 3 is 1.23 bits per heavy atom. The molecule has 0 aliphatic rings. The quantitative estimate of drug-likeness (QED) is 0.576. The molecule has 0 aromatic carbocycles. The Balaban J connectivity index is 3.68. The Kier molecular flexibility index (Phi) is 10.6. The molecule has 0 rings (SSSR count). The molecule has 0 N–H and O–H groups in total. The molecule has 0 saturated carbocycles. The summed E-state index contributed by atoms with van der Waals surface area (Å²) in [5, 5.41) is 0. The molecule has 8 nitrogen and oxygen atoms in total. The monoisotopic (exact) mass is 376 g/mol. The van der Waals surface area contributed by atoms with Crippen LogP contribution in [0.4, 0.5) is 9.59 Å². The van der Waals surface area contributed by atoms with E-state index in [1.54, 1.807) is 14.1 Å². The van der Waals surface area contributed by atoms with Crippen LogP contribution in [0.3, 0.4) is 0 Å². The molecule has 0 bridgehead atoms. The zero-order valence-electron chi connectivity index (χ0n) is 17.6. The first-order chi connectivity index (χ1) is 11.8. The van der Waals surface area contributed by atoms with Crippen LogP contribution < -0.4 is 0 Å². The van der Waals surface area contributed by atoms with E-state index in [9.17, 15) is 9.59 Å². The van der Waals surface area contributed by atoms with E-state index in [1.165, 1.54) is 9.80 Å². The van der Waals surface area contributed by atoms with E-state index >= 15 is 0 Å². The highest BCUT2D eigenvalue weighted by molar-refractivity contribution is 5.68. The summed E-state index contributed by atoms with van der Waals surface area (Å²) in [6, 6.07) is 0. The van der Waals surface area contributed by atoms with Crippen molar-refractivity contribution >= 4 is 12.2 Å². The lowest BCUT2D eigenvalue weighted by Crippen LogP contribution is -2.36. The van der Waals surface area contributed by atoms with Crippen molar-refractivity contribution < 1.29 is 28.5 Å². The fourth-order valence-corrected chi connectivity index (χ4v) is 1.59. The fourth-order valence-electron chi connectivity index (χ4n) is 1.59. The van der Waals surface area contributed by atoms with Gasteiger partial charge in [0.1, 0.15) is 11.2 Å². The average Bonchev–Trinajstić information content (AvgIpc) is 2.45. The summed E-state index contributed by atoms with van der Waals surface area (Å²) in [7, 11) is 3.33. The summed E-state index contributed by atoms with van der Waals surface area (Å²) >= 11 is 0. The Morgan fingerprint density at radius 2 is 0.962 bits per heavy atom. The van der Waals surface area contributed by atoms with Crippen molar-refractivity contribution in [2.75, 3.05) is 53.6 Å². The molecule has 154 valence electrons. The van der Waals surface area contributed by atoms with E-state index in [4.69, 9.17) is 18.9 Å². The molecule has 0 heterocycles. The van der Waals surface area contributed by atoms with Crippen LogP contribution in [0.1, 0.15) is 41.5 Å². The smallest absolute Gasteiger partial charge is 0.410 e. The number of hydrogen-bond donors (Lipinski definition) is 0. The van der Waals surface area contributed by atoms with Crippen LogP contribution in [-0.4, -0.2) is 86.8 Å². The van der Waals surface area contributed by atoms with E-state index in [1.807, 2.05) is 41.5 Å². The van der Waals surface area contributed by atoms with E-state index in [0.29, 0.717) is 39.5 Å². The van der Waals surface area contributed by atoms with Crippen molar-refractivity contribution in [2.24, 2.45) is 0 Å². The van der Waals surface area contributed by atoms with E-state index in [2.05, 4.69) is 0 Å². The maximum Gasteiger partial charge on any atom is 0.410 e.